The molecular weight excluding hydrogens is 202 g/mol. The highest BCUT2D eigenvalue weighted by molar-refractivity contribution is 7.17. The van der Waals surface area contributed by atoms with Gasteiger partial charge in [0.25, 0.3) is 0 Å². The van der Waals surface area contributed by atoms with Crippen LogP contribution in [0.25, 0.3) is 10.1 Å². The molecule has 2 aromatic rings. The van der Waals surface area contributed by atoms with Gasteiger partial charge in [-0.15, -0.1) is 11.3 Å². The monoisotopic (exact) mass is 211 g/mol. The summed E-state index contributed by atoms with van der Waals surface area (Å²) in [5, 5.41) is 7.40. The van der Waals surface area contributed by atoms with Crippen LogP contribution in [0.1, 0.15) is 5.56 Å². The second-order valence-corrected chi connectivity index (χ2v) is 4.28. The van der Waals surface area contributed by atoms with Crippen molar-refractivity contribution in [3.8, 4) is 0 Å². The summed E-state index contributed by atoms with van der Waals surface area (Å²) in [6.45, 7) is 0.903. The molecule has 1 N–H and O–H groups in total. The molecule has 13 heavy (non-hydrogen) atoms. The van der Waals surface area contributed by atoms with Gasteiger partial charge in [0.2, 0.25) is 0 Å². The van der Waals surface area contributed by atoms with Crippen LogP contribution in [-0.2, 0) is 6.54 Å². The molecule has 0 spiro atoms. The fourth-order valence-electron chi connectivity index (χ4n) is 1.38. The Morgan fingerprint density at radius 1 is 1.46 bits per heavy atom. The third-order valence-corrected chi connectivity index (χ3v) is 3.23. The van der Waals surface area contributed by atoms with Gasteiger partial charge in [0.05, 0.1) is 0 Å². The summed E-state index contributed by atoms with van der Waals surface area (Å²) in [4.78, 5) is 0. The van der Waals surface area contributed by atoms with E-state index in [1.165, 1.54) is 15.6 Å². The number of hydrogen-bond acceptors (Lipinski definition) is 2. The second-order valence-electron chi connectivity index (χ2n) is 2.93. The maximum absolute atomic E-state index is 5.93. The van der Waals surface area contributed by atoms with Crippen LogP contribution in [0.5, 0.6) is 0 Å². The highest BCUT2D eigenvalue weighted by Crippen LogP contribution is 2.28. The van der Waals surface area contributed by atoms with E-state index < -0.39 is 0 Å². The summed E-state index contributed by atoms with van der Waals surface area (Å²) in [5.41, 5.74) is 1.32. The smallest absolute Gasteiger partial charge is 0.0413 e. The van der Waals surface area contributed by atoms with E-state index in [-0.39, 0.29) is 0 Å². The Bertz CT molecular complexity index is 422. The van der Waals surface area contributed by atoms with Crippen LogP contribution in [0.4, 0.5) is 0 Å². The Kier molecular flexibility index (Phi) is 2.54. The molecule has 68 valence electrons. The van der Waals surface area contributed by atoms with Crippen molar-refractivity contribution < 1.29 is 0 Å². The predicted molar refractivity (Wildman–Crippen MR) is 59.6 cm³/mol. The number of hydrogen-bond donors (Lipinski definition) is 1. The highest BCUT2D eigenvalue weighted by atomic mass is 35.5. The fraction of sp³-hybridized carbons (Fsp3) is 0.200. The van der Waals surface area contributed by atoms with Crippen molar-refractivity contribution in [3.05, 3.63) is 34.2 Å². The Hall–Kier alpha value is -0.570. The average molecular weight is 212 g/mol. The number of benzene rings is 1. The lowest BCUT2D eigenvalue weighted by Crippen LogP contribution is -2.03. The van der Waals surface area contributed by atoms with Crippen LogP contribution in [0, 0.1) is 0 Å². The van der Waals surface area contributed by atoms with E-state index in [1.54, 1.807) is 11.3 Å². The number of nitrogens with one attached hydrogen (secondary N) is 1. The standard InChI is InChI=1S/C10H10ClNS/c1-12-5-7-6-13-10-3-2-8(11)4-9(7)10/h2-4,6,12H,5H2,1H3. The van der Waals surface area contributed by atoms with E-state index in [0.29, 0.717) is 0 Å². The molecule has 0 unspecified atom stereocenters. The highest BCUT2D eigenvalue weighted by Gasteiger charge is 2.02. The largest absolute Gasteiger partial charge is 0.316 e. The number of halogens is 1. The molecule has 0 amide bonds. The first-order valence-corrected chi connectivity index (χ1v) is 5.37. The zero-order valence-electron chi connectivity index (χ0n) is 7.30. The van der Waals surface area contributed by atoms with Gasteiger partial charge in [-0.2, -0.15) is 0 Å². The van der Waals surface area contributed by atoms with Crippen molar-refractivity contribution in [1.82, 2.24) is 5.32 Å². The number of rotatable bonds is 2. The first-order chi connectivity index (χ1) is 6.31. The molecule has 0 bridgehead atoms. The van der Waals surface area contributed by atoms with Crippen LogP contribution < -0.4 is 5.32 Å². The third kappa shape index (κ3) is 1.70. The van der Waals surface area contributed by atoms with Crippen LogP contribution in [0.3, 0.4) is 0 Å². The normalized spacial score (nSPS) is 10.9. The Morgan fingerprint density at radius 2 is 2.31 bits per heavy atom. The van der Waals surface area contributed by atoms with Gasteiger partial charge in [0, 0.05) is 16.3 Å². The molecule has 1 aromatic heterocycles. The lowest BCUT2D eigenvalue weighted by molar-refractivity contribution is 0.826. The fourth-order valence-corrected chi connectivity index (χ4v) is 2.50. The molecule has 0 atom stereocenters. The van der Waals surface area contributed by atoms with E-state index in [2.05, 4.69) is 16.8 Å². The molecule has 0 radical (unpaired) electrons. The van der Waals surface area contributed by atoms with Crippen molar-refractivity contribution >= 4 is 33.0 Å². The van der Waals surface area contributed by atoms with Gasteiger partial charge >= 0.3 is 0 Å². The molecule has 0 aliphatic rings. The van der Waals surface area contributed by atoms with Gasteiger partial charge in [-0.05, 0) is 41.6 Å². The van der Waals surface area contributed by atoms with Gasteiger partial charge < -0.3 is 5.32 Å². The Balaban J connectivity index is 2.58. The predicted octanol–water partition coefficient (Wildman–Crippen LogP) is 3.27. The lowest BCUT2D eigenvalue weighted by atomic mass is 10.2. The van der Waals surface area contributed by atoms with Gasteiger partial charge in [-0.3, -0.25) is 0 Å². The van der Waals surface area contributed by atoms with Gasteiger partial charge in [0.1, 0.15) is 0 Å². The van der Waals surface area contributed by atoms with Gasteiger partial charge in [-0.25, -0.2) is 0 Å². The molecular formula is C10H10ClNS. The maximum Gasteiger partial charge on any atom is 0.0413 e. The summed E-state index contributed by atoms with van der Waals surface area (Å²) >= 11 is 7.70. The molecule has 1 nitrogen and oxygen atoms in total. The van der Waals surface area contributed by atoms with Gasteiger partial charge in [-0.1, -0.05) is 11.6 Å². The zero-order chi connectivity index (χ0) is 9.26. The summed E-state index contributed by atoms with van der Waals surface area (Å²) in [7, 11) is 1.95. The van der Waals surface area contributed by atoms with E-state index in [1.807, 2.05) is 19.2 Å². The minimum absolute atomic E-state index is 0.809. The first kappa shape index (κ1) is 9.00. The average Bonchev–Trinajstić information content (AvgIpc) is 2.49. The van der Waals surface area contributed by atoms with E-state index in [4.69, 9.17) is 11.6 Å². The second kappa shape index (κ2) is 3.66. The Labute approximate surface area is 86.3 Å². The summed E-state index contributed by atoms with van der Waals surface area (Å²) in [6, 6.07) is 6.03. The van der Waals surface area contributed by atoms with Crippen LogP contribution >= 0.6 is 22.9 Å². The SMILES string of the molecule is CNCc1csc2ccc(Cl)cc12. The number of fused-ring (bicyclic) bond motifs is 1. The molecule has 3 heteroatoms. The van der Waals surface area contributed by atoms with Crippen LogP contribution in [0.2, 0.25) is 5.02 Å². The lowest BCUT2D eigenvalue weighted by Gasteiger charge is -1.97. The van der Waals surface area contributed by atoms with Crippen LogP contribution in [-0.4, -0.2) is 7.05 Å². The van der Waals surface area contributed by atoms with E-state index >= 15 is 0 Å². The molecule has 2 rings (SSSR count). The van der Waals surface area contributed by atoms with Crippen LogP contribution in [0.15, 0.2) is 23.6 Å². The number of thiophene rings is 1. The van der Waals surface area contributed by atoms with Crippen molar-refractivity contribution in [2.45, 2.75) is 6.54 Å². The first-order valence-electron chi connectivity index (χ1n) is 4.11. The van der Waals surface area contributed by atoms with E-state index in [0.717, 1.165) is 11.6 Å². The zero-order valence-corrected chi connectivity index (χ0v) is 8.88. The molecule has 0 saturated heterocycles. The van der Waals surface area contributed by atoms with Crippen molar-refractivity contribution in [1.29, 1.82) is 0 Å². The quantitative estimate of drug-likeness (QED) is 0.804. The molecule has 1 heterocycles. The molecule has 0 saturated carbocycles. The minimum Gasteiger partial charge on any atom is -0.316 e. The summed E-state index contributed by atoms with van der Waals surface area (Å²) < 4.78 is 1.30. The van der Waals surface area contributed by atoms with Crippen molar-refractivity contribution in [2.75, 3.05) is 7.05 Å². The molecule has 0 aliphatic heterocycles. The minimum atomic E-state index is 0.809. The molecule has 1 aromatic carbocycles. The van der Waals surface area contributed by atoms with Crippen molar-refractivity contribution in [2.24, 2.45) is 0 Å². The topological polar surface area (TPSA) is 12.0 Å². The van der Waals surface area contributed by atoms with Crippen molar-refractivity contribution in [3.63, 3.8) is 0 Å². The molecule has 0 aliphatic carbocycles. The third-order valence-electron chi connectivity index (χ3n) is 1.98. The summed E-state index contributed by atoms with van der Waals surface area (Å²) in [6.07, 6.45) is 0. The summed E-state index contributed by atoms with van der Waals surface area (Å²) in [5.74, 6) is 0. The maximum atomic E-state index is 5.93. The molecule has 0 fully saturated rings. The van der Waals surface area contributed by atoms with E-state index in [9.17, 15) is 0 Å². The van der Waals surface area contributed by atoms with Gasteiger partial charge in [0.15, 0.2) is 0 Å². The Morgan fingerprint density at radius 3 is 3.08 bits per heavy atom.